The van der Waals surface area contributed by atoms with Crippen molar-refractivity contribution in [1.29, 1.82) is 0 Å². The molecule has 3 N–H and O–H groups in total. The maximum absolute atomic E-state index is 12.0. The molecule has 3 fully saturated rings. The van der Waals surface area contributed by atoms with Gasteiger partial charge in [-0.1, -0.05) is 0 Å². The van der Waals surface area contributed by atoms with Crippen molar-refractivity contribution in [3.63, 3.8) is 0 Å². The molecule has 7 heteroatoms. The molecule has 0 aliphatic carbocycles. The van der Waals surface area contributed by atoms with Gasteiger partial charge in [-0.05, 0) is 25.4 Å². The van der Waals surface area contributed by atoms with Crippen molar-refractivity contribution in [2.75, 3.05) is 26.2 Å². The van der Waals surface area contributed by atoms with E-state index in [2.05, 4.69) is 16.0 Å². The summed E-state index contributed by atoms with van der Waals surface area (Å²) in [6.07, 6.45) is 1.03. The number of nitrogens with one attached hydrogen (secondary N) is 3. The molecule has 0 saturated carbocycles. The van der Waals surface area contributed by atoms with Crippen LogP contribution in [0.3, 0.4) is 0 Å². The van der Waals surface area contributed by atoms with Gasteiger partial charge in [-0.25, -0.2) is 4.79 Å². The van der Waals surface area contributed by atoms with Crippen LogP contribution in [0.25, 0.3) is 0 Å². The third-order valence-corrected chi connectivity index (χ3v) is 3.97. The first-order valence-corrected chi connectivity index (χ1v) is 6.21. The Morgan fingerprint density at radius 3 is 2.72 bits per heavy atom. The summed E-state index contributed by atoms with van der Waals surface area (Å²) in [5, 5.41) is 8.00. The Morgan fingerprint density at radius 1 is 1.39 bits per heavy atom. The van der Waals surface area contributed by atoms with E-state index < -0.39 is 11.6 Å². The van der Waals surface area contributed by atoms with E-state index in [0.29, 0.717) is 31.8 Å². The van der Waals surface area contributed by atoms with Gasteiger partial charge in [-0.3, -0.25) is 14.9 Å². The smallest absolute Gasteiger partial charge is 0.322 e. The maximum Gasteiger partial charge on any atom is 0.322 e. The van der Waals surface area contributed by atoms with E-state index in [1.54, 1.807) is 4.90 Å². The summed E-state index contributed by atoms with van der Waals surface area (Å²) in [4.78, 5) is 36.6. The molecule has 0 aromatic rings. The van der Waals surface area contributed by atoms with Gasteiger partial charge in [-0.2, -0.15) is 0 Å². The van der Waals surface area contributed by atoms with Crippen LogP contribution in [0, 0.1) is 5.92 Å². The summed E-state index contributed by atoms with van der Waals surface area (Å²) in [5.41, 5.74) is -0.884. The molecule has 3 saturated heterocycles. The molecule has 3 aliphatic heterocycles. The standard InChI is InChI=1S/C11H16N4O3/c16-8(3-7-4-12-5-7)15-2-1-11(6-15)9(17)13-10(18)14-11/h7,12H,1-6H2,(H2,13,14,17,18). The quantitative estimate of drug-likeness (QED) is 0.517. The first kappa shape index (κ1) is 11.5. The lowest BCUT2D eigenvalue weighted by molar-refractivity contribution is -0.132. The molecule has 3 rings (SSSR count). The molecule has 18 heavy (non-hydrogen) atoms. The largest absolute Gasteiger partial charge is 0.340 e. The first-order valence-electron chi connectivity index (χ1n) is 6.21. The summed E-state index contributed by atoms with van der Waals surface area (Å²) >= 11 is 0. The van der Waals surface area contributed by atoms with Crippen LogP contribution in [0.2, 0.25) is 0 Å². The second kappa shape index (κ2) is 3.94. The molecule has 1 unspecified atom stereocenters. The highest BCUT2D eigenvalue weighted by Crippen LogP contribution is 2.25. The molecule has 0 aromatic heterocycles. The Hall–Kier alpha value is -1.63. The highest BCUT2D eigenvalue weighted by atomic mass is 16.2. The lowest BCUT2D eigenvalue weighted by Gasteiger charge is -2.28. The molecule has 0 aromatic carbocycles. The van der Waals surface area contributed by atoms with Crippen LogP contribution in [0.1, 0.15) is 12.8 Å². The van der Waals surface area contributed by atoms with Crippen LogP contribution in [-0.2, 0) is 9.59 Å². The molecule has 98 valence electrons. The second-order valence-corrected chi connectivity index (χ2v) is 5.28. The van der Waals surface area contributed by atoms with Gasteiger partial charge >= 0.3 is 6.03 Å². The number of rotatable bonds is 2. The minimum Gasteiger partial charge on any atom is -0.340 e. The Kier molecular flexibility index (Phi) is 2.51. The van der Waals surface area contributed by atoms with Gasteiger partial charge in [0.05, 0.1) is 6.54 Å². The highest BCUT2D eigenvalue weighted by molar-refractivity contribution is 6.07. The number of hydrogen-bond donors (Lipinski definition) is 3. The molecule has 0 radical (unpaired) electrons. The van der Waals surface area contributed by atoms with Gasteiger partial charge < -0.3 is 15.5 Å². The number of nitrogens with zero attached hydrogens (tertiary/aromatic N) is 1. The van der Waals surface area contributed by atoms with Crippen molar-refractivity contribution in [3.05, 3.63) is 0 Å². The molecule has 0 bridgehead atoms. The summed E-state index contributed by atoms with van der Waals surface area (Å²) in [6, 6.07) is -0.461. The van der Waals surface area contributed by atoms with Crippen LogP contribution in [-0.4, -0.2) is 54.5 Å². The summed E-state index contributed by atoms with van der Waals surface area (Å²) in [7, 11) is 0. The topological polar surface area (TPSA) is 90.5 Å². The number of urea groups is 1. The van der Waals surface area contributed by atoms with E-state index in [1.165, 1.54) is 0 Å². The molecule has 1 spiro atoms. The predicted octanol–water partition coefficient (Wildman–Crippen LogP) is -1.59. The number of carbonyl (C=O) groups is 3. The summed E-state index contributed by atoms with van der Waals surface area (Å²) in [5.74, 6) is 0.182. The van der Waals surface area contributed by atoms with E-state index >= 15 is 0 Å². The molecule has 4 amide bonds. The molecule has 7 nitrogen and oxygen atoms in total. The Labute approximate surface area is 104 Å². The molecular weight excluding hydrogens is 236 g/mol. The normalized spacial score (nSPS) is 31.4. The van der Waals surface area contributed by atoms with Gasteiger partial charge in [0, 0.05) is 13.0 Å². The fourth-order valence-electron chi connectivity index (χ4n) is 2.71. The Bertz CT molecular complexity index is 421. The van der Waals surface area contributed by atoms with E-state index in [0.717, 1.165) is 13.1 Å². The number of imide groups is 1. The monoisotopic (exact) mass is 252 g/mol. The highest BCUT2D eigenvalue weighted by Gasteiger charge is 2.51. The molecular formula is C11H16N4O3. The summed E-state index contributed by atoms with van der Waals surface area (Å²) in [6.45, 7) is 2.61. The van der Waals surface area contributed by atoms with E-state index in [1.807, 2.05) is 0 Å². The summed E-state index contributed by atoms with van der Waals surface area (Å²) < 4.78 is 0. The number of likely N-dealkylation sites (tertiary alicyclic amines) is 1. The molecule has 3 aliphatic rings. The van der Waals surface area contributed by atoms with Gasteiger partial charge in [0.2, 0.25) is 5.91 Å². The van der Waals surface area contributed by atoms with Crippen molar-refractivity contribution in [2.45, 2.75) is 18.4 Å². The molecule has 1 atom stereocenters. The fraction of sp³-hybridized carbons (Fsp3) is 0.727. The van der Waals surface area contributed by atoms with Crippen LogP contribution in [0.5, 0.6) is 0 Å². The van der Waals surface area contributed by atoms with Crippen LogP contribution >= 0.6 is 0 Å². The second-order valence-electron chi connectivity index (χ2n) is 5.28. The van der Waals surface area contributed by atoms with E-state index in [-0.39, 0.29) is 11.8 Å². The zero-order valence-electron chi connectivity index (χ0n) is 9.99. The van der Waals surface area contributed by atoms with E-state index in [4.69, 9.17) is 0 Å². The van der Waals surface area contributed by atoms with Gasteiger partial charge in [-0.15, -0.1) is 0 Å². The zero-order valence-corrected chi connectivity index (χ0v) is 9.99. The van der Waals surface area contributed by atoms with Crippen molar-refractivity contribution in [3.8, 4) is 0 Å². The number of carbonyl (C=O) groups excluding carboxylic acids is 3. The van der Waals surface area contributed by atoms with Crippen LogP contribution in [0.4, 0.5) is 4.79 Å². The molecule has 3 heterocycles. The average Bonchev–Trinajstić information content (AvgIpc) is 2.79. The van der Waals surface area contributed by atoms with Crippen molar-refractivity contribution >= 4 is 17.8 Å². The Morgan fingerprint density at radius 2 is 2.17 bits per heavy atom. The number of amides is 4. The number of hydrogen-bond acceptors (Lipinski definition) is 4. The van der Waals surface area contributed by atoms with Crippen LogP contribution < -0.4 is 16.0 Å². The minimum atomic E-state index is -0.884. The minimum absolute atomic E-state index is 0.0762. The van der Waals surface area contributed by atoms with Gasteiger partial charge in [0.25, 0.3) is 5.91 Å². The fourth-order valence-corrected chi connectivity index (χ4v) is 2.71. The maximum atomic E-state index is 12.0. The van der Waals surface area contributed by atoms with Crippen molar-refractivity contribution in [2.24, 2.45) is 5.92 Å². The predicted molar refractivity (Wildman–Crippen MR) is 61.6 cm³/mol. The zero-order chi connectivity index (χ0) is 12.8. The van der Waals surface area contributed by atoms with Gasteiger partial charge in [0.1, 0.15) is 5.54 Å². The van der Waals surface area contributed by atoms with Crippen molar-refractivity contribution in [1.82, 2.24) is 20.9 Å². The Balaban J connectivity index is 1.62. The van der Waals surface area contributed by atoms with Crippen LogP contribution in [0.15, 0.2) is 0 Å². The average molecular weight is 252 g/mol. The van der Waals surface area contributed by atoms with Crippen molar-refractivity contribution < 1.29 is 14.4 Å². The third-order valence-electron chi connectivity index (χ3n) is 3.97. The van der Waals surface area contributed by atoms with E-state index in [9.17, 15) is 14.4 Å². The van der Waals surface area contributed by atoms with Gasteiger partial charge in [0.15, 0.2) is 0 Å². The lowest BCUT2D eigenvalue weighted by atomic mass is 9.98. The SMILES string of the molecule is O=C1NC(=O)C2(CCN(C(=O)CC3CNC3)C2)N1. The lowest BCUT2D eigenvalue weighted by Crippen LogP contribution is -2.50. The first-order chi connectivity index (χ1) is 8.59. The third kappa shape index (κ3) is 1.74.